The topological polar surface area (TPSA) is 81.8 Å². The zero-order valence-corrected chi connectivity index (χ0v) is 18.0. The highest BCUT2D eigenvalue weighted by Gasteiger charge is 2.23. The zero-order chi connectivity index (χ0) is 21.4. The van der Waals surface area contributed by atoms with E-state index in [1.165, 1.54) is 0 Å². The first-order valence-electron chi connectivity index (χ1n) is 10.8. The van der Waals surface area contributed by atoms with E-state index in [9.17, 15) is 4.79 Å². The average molecular weight is 425 g/mol. The minimum atomic E-state index is -0.0646. The minimum absolute atomic E-state index is 0.0646. The van der Waals surface area contributed by atoms with Crippen LogP contribution >= 0.6 is 0 Å². The van der Waals surface area contributed by atoms with Crippen molar-refractivity contribution in [1.82, 2.24) is 19.8 Å². The first-order chi connectivity index (χ1) is 15.1. The Morgan fingerprint density at radius 1 is 1.32 bits per heavy atom. The molecular weight excluding hydrogens is 396 g/mol. The van der Waals surface area contributed by atoms with Crippen LogP contribution in [0.5, 0.6) is 5.75 Å². The van der Waals surface area contributed by atoms with Crippen molar-refractivity contribution in [2.24, 2.45) is 13.0 Å². The van der Waals surface area contributed by atoms with Crippen LogP contribution in [-0.2, 0) is 18.3 Å². The molecule has 31 heavy (non-hydrogen) atoms. The lowest BCUT2D eigenvalue weighted by atomic mass is 10.1. The molecule has 1 N–H and O–H groups in total. The fraction of sp³-hybridized carbons (Fsp3) is 0.478. The monoisotopic (exact) mass is 424 g/mol. The highest BCUT2D eigenvalue weighted by atomic mass is 16.5. The summed E-state index contributed by atoms with van der Waals surface area (Å²) in [5.41, 5.74) is 2.24. The largest absolute Gasteiger partial charge is 0.491 e. The predicted octanol–water partition coefficient (Wildman–Crippen LogP) is 2.01. The van der Waals surface area contributed by atoms with Crippen LogP contribution in [0.1, 0.15) is 12.7 Å². The lowest BCUT2D eigenvalue weighted by Crippen LogP contribution is -2.49. The third kappa shape index (κ3) is 3.98. The van der Waals surface area contributed by atoms with Gasteiger partial charge in [0.05, 0.1) is 37.9 Å². The summed E-state index contributed by atoms with van der Waals surface area (Å²) in [4.78, 5) is 19.5. The van der Waals surface area contributed by atoms with Gasteiger partial charge >= 0.3 is 0 Å². The van der Waals surface area contributed by atoms with Gasteiger partial charge in [-0.1, -0.05) is 0 Å². The molecule has 0 bridgehead atoms. The minimum Gasteiger partial charge on any atom is -0.491 e. The Labute approximate surface area is 180 Å². The van der Waals surface area contributed by atoms with Gasteiger partial charge in [0.1, 0.15) is 17.1 Å². The van der Waals surface area contributed by atoms with Gasteiger partial charge in [0.25, 0.3) is 5.56 Å². The second kappa shape index (κ2) is 8.45. The molecule has 164 valence electrons. The number of nitrogens with one attached hydrogen (secondary N) is 1. The number of aromatic nitrogens is 2. The number of aryl methyl sites for hydroxylation is 1. The van der Waals surface area contributed by atoms with Gasteiger partial charge in [-0.25, -0.2) is 0 Å². The molecule has 2 saturated heterocycles. The maximum atomic E-state index is 12.8. The maximum Gasteiger partial charge on any atom is 0.261 e. The second-order valence-electron chi connectivity index (χ2n) is 8.52. The van der Waals surface area contributed by atoms with Crippen LogP contribution in [0.2, 0.25) is 0 Å². The molecule has 8 nitrogen and oxygen atoms in total. The van der Waals surface area contributed by atoms with Crippen molar-refractivity contribution in [3.05, 3.63) is 46.8 Å². The van der Waals surface area contributed by atoms with Gasteiger partial charge in [-0.2, -0.15) is 0 Å². The van der Waals surface area contributed by atoms with Crippen molar-refractivity contribution >= 4 is 11.0 Å². The third-order valence-electron chi connectivity index (χ3n) is 6.16. The summed E-state index contributed by atoms with van der Waals surface area (Å²) in [5, 5.41) is 4.00. The van der Waals surface area contributed by atoms with Crippen LogP contribution in [0.15, 0.2) is 39.9 Å². The van der Waals surface area contributed by atoms with Crippen molar-refractivity contribution < 1.29 is 13.9 Å². The number of ether oxygens (including phenoxy) is 2. The summed E-state index contributed by atoms with van der Waals surface area (Å²) < 4.78 is 19.2. The molecule has 8 heteroatoms. The molecule has 3 aromatic rings. The molecule has 1 atom stereocenters. The summed E-state index contributed by atoms with van der Waals surface area (Å²) in [6, 6.07) is 4.22. The van der Waals surface area contributed by atoms with E-state index in [1.54, 1.807) is 24.0 Å². The summed E-state index contributed by atoms with van der Waals surface area (Å²) in [7, 11) is 1.77. The Morgan fingerprint density at radius 2 is 2.19 bits per heavy atom. The molecule has 0 unspecified atom stereocenters. The van der Waals surface area contributed by atoms with Gasteiger partial charge < -0.3 is 23.8 Å². The van der Waals surface area contributed by atoms with Gasteiger partial charge in [0, 0.05) is 62.2 Å². The van der Waals surface area contributed by atoms with Crippen LogP contribution in [0.4, 0.5) is 0 Å². The van der Waals surface area contributed by atoms with Crippen molar-refractivity contribution in [2.75, 3.05) is 39.5 Å². The number of nitrogens with zero attached hydrogens (tertiary/aromatic N) is 3. The van der Waals surface area contributed by atoms with E-state index in [2.05, 4.69) is 22.1 Å². The van der Waals surface area contributed by atoms with E-state index >= 15 is 0 Å². The zero-order valence-electron chi connectivity index (χ0n) is 18.0. The van der Waals surface area contributed by atoms with E-state index < -0.39 is 0 Å². The second-order valence-corrected chi connectivity index (χ2v) is 8.52. The van der Waals surface area contributed by atoms with Gasteiger partial charge in [0.2, 0.25) is 0 Å². The highest BCUT2D eigenvalue weighted by molar-refractivity contribution is 5.93. The first-order valence-corrected chi connectivity index (χ1v) is 10.8. The van der Waals surface area contributed by atoms with Crippen LogP contribution in [0, 0.1) is 5.92 Å². The molecule has 2 fully saturated rings. The number of hydrogen-bond acceptors (Lipinski definition) is 7. The average Bonchev–Trinajstić information content (AvgIpc) is 3.16. The van der Waals surface area contributed by atoms with Crippen molar-refractivity contribution in [1.29, 1.82) is 0 Å². The number of hydrogen-bond donors (Lipinski definition) is 1. The first kappa shape index (κ1) is 20.2. The molecule has 0 saturated carbocycles. The van der Waals surface area contributed by atoms with Gasteiger partial charge in [-0.15, -0.1) is 0 Å². The lowest BCUT2D eigenvalue weighted by Gasteiger charge is -2.33. The number of pyridine rings is 2. The number of furan rings is 1. The predicted molar refractivity (Wildman–Crippen MR) is 117 cm³/mol. The molecule has 3 aromatic heterocycles. The number of fused-ring (bicyclic) bond motifs is 1. The van der Waals surface area contributed by atoms with Crippen LogP contribution in [0.25, 0.3) is 22.1 Å². The van der Waals surface area contributed by atoms with Gasteiger partial charge in [0.15, 0.2) is 0 Å². The maximum absolute atomic E-state index is 12.8. The Bertz CT molecular complexity index is 1130. The Kier molecular flexibility index (Phi) is 5.52. The van der Waals surface area contributed by atoms with Gasteiger partial charge in [-0.05, 0) is 19.1 Å². The van der Waals surface area contributed by atoms with Crippen molar-refractivity contribution in [3.8, 4) is 16.9 Å². The summed E-state index contributed by atoms with van der Waals surface area (Å²) in [6.07, 6.45) is 5.27. The molecule has 5 heterocycles. The van der Waals surface area contributed by atoms with Crippen molar-refractivity contribution in [2.45, 2.75) is 19.5 Å². The standard InChI is InChI=1S/C23H28N4O4/c1-15-8-25-5-6-27(15)10-17-7-19-22(31-17)20(11-26(2)23(19)28)18-3-4-24-9-21(18)30-14-16-12-29-13-16/h3-4,7,9,11,15-16,25H,5-6,8,10,12-14H2,1-2H3/t15-/m1/s1. The molecule has 0 spiro atoms. The fourth-order valence-electron chi connectivity index (χ4n) is 4.20. The number of rotatable bonds is 6. The SMILES string of the molecule is C[C@@H]1CNCCN1Cc1cc2c(=O)n(C)cc(-c3ccncc3OCC3COC3)c2o1. The molecule has 0 aliphatic carbocycles. The van der Waals surface area contributed by atoms with E-state index in [1.807, 2.05) is 18.3 Å². The van der Waals surface area contributed by atoms with Crippen molar-refractivity contribution in [3.63, 3.8) is 0 Å². The van der Waals surface area contributed by atoms with E-state index in [4.69, 9.17) is 13.9 Å². The molecule has 0 aromatic carbocycles. The number of piperazine rings is 1. The third-order valence-corrected chi connectivity index (χ3v) is 6.16. The highest BCUT2D eigenvalue weighted by Crippen LogP contribution is 2.35. The lowest BCUT2D eigenvalue weighted by molar-refractivity contribution is -0.0508. The van der Waals surface area contributed by atoms with E-state index in [0.717, 1.165) is 49.7 Å². The molecule has 2 aliphatic heterocycles. The molecule has 5 rings (SSSR count). The normalized spacial score (nSPS) is 20.1. The molecule has 0 radical (unpaired) electrons. The Balaban J connectivity index is 1.52. The van der Waals surface area contributed by atoms with Gasteiger partial charge in [-0.3, -0.25) is 14.7 Å². The molecule has 2 aliphatic rings. The Hall–Kier alpha value is -2.68. The van der Waals surface area contributed by atoms with E-state index in [-0.39, 0.29) is 5.56 Å². The summed E-state index contributed by atoms with van der Waals surface area (Å²) in [5.74, 6) is 1.89. The summed E-state index contributed by atoms with van der Waals surface area (Å²) >= 11 is 0. The quantitative estimate of drug-likeness (QED) is 0.648. The van der Waals surface area contributed by atoms with Crippen LogP contribution in [0.3, 0.4) is 0 Å². The fourth-order valence-corrected chi connectivity index (χ4v) is 4.20. The van der Waals surface area contributed by atoms with Crippen LogP contribution < -0.4 is 15.6 Å². The smallest absolute Gasteiger partial charge is 0.261 e. The molecule has 0 amide bonds. The van der Waals surface area contributed by atoms with E-state index in [0.29, 0.717) is 41.8 Å². The molecular formula is C23H28N4O4. The Morgan fingerprint density at radius 3 is 2.97 bits per heavy atom. The summed E-state index contributed by atoms with van der Waals surface area (Å²) in [6.45, 7) is 7.79. The van der Waals surface area contributed by atoms with Crippen LogP contribution in [-0.4, -0.2) is 59.9 Å².